The molecule has 1 aromatic rings. The summed E-state index contributed by atoms with van der Waals surface area (Å²) in [5, 5.41) is 0. The van der Waals surface area contributed by atoms with Gasteiger partial charge in [-0.1, -0.05) is 0 Å². The zero-order chi connectivity index (χ0) is 12.5. The molecule has 0 bridgehead atoms. The minimum atomic E-state index is -1.64. The van der Waals surface area contributed by atoms with E-state index in [4.69, 9.17) is 4.74 Å². The van der Waals surface area contributed by atoms with Crippen molar-refractivity contribution >= 4 is 0 Å². The summed E-state index contributed by atoms with van der Waals surface area (Å²) in [6.07, 6.45) is 0. The summed E-state index contributed by atoms with van der Waals surface area (Å²) in [5.41, 5.74) is -1.61. The maximum absolute atomic E-state index is 13.3. The minimum absolute atomic E-state index is 0.714. The fourth-order valence-electron chi connectivity index (χ4n) is 1.05. The van der Waals surface area contributed by atoms with Crippen molar-refractivity contribution in [3.05, 3.63) is 23.3 Å². The summed E-state index contributed by atoms with van der Waals surface area (Å²) in [6.45, 7) is 3.32. The summed E-state index contributed by atoms with van der Waals surface area (Å²) in [6, 6.07) is 0. The zero-order valence-corrected chi connectivity index (χ0v) is 9.07. The Hall–Kier alpha value is -1.33. The second-order valence-corrected chi connectivity index (χ2v) is 4.16. The highest BCUT2D eigenvalue weighted by molar-refractivity contribution is 5.33. The van der Waals surface area contributed by atoms with E-state index in [0.29, 0.717) is 0 Å². The van der Waals surface area contributed by atoms with Crippen molar-refractivity contribution in [1.29, 1.82) is 0 Å². The standard InChI is InChI=1S/C10H11F4NO/c1-10(2,3)16-7-5(4-11)8(13)15-9(14)6(7)12/h4H2,1-3H3. The number of hydrogen-bond acceptors (Lipinski definition) is 2. The fraction of sp³-hybridized carbons (Fsp3) is 0.500. The quantitative estimate of drug-likeness (QED) is 0.582. The lowest BCUT2D eigenvalue weighted by Crippen LogP contribution is -2.25. The third-order valence-corrected chi connectivity index (χ3v) is 1.64. The summed E-state index contributed by atoms with van der Waals surface area (Å²) in [5.74, 6) is -5.29. The van der Waals surface area contributed by atoms with E-state index in [9.17, 15) is 17.6 Å². The van der Waals surface area contributed by atoms with Crippen LogP contribution in [0.15, 0.2) is 0 Å². The number of ether oxygens (including phenoxy) is 1. The number of halogens is 4. The van der Waals surface area contributed by atoms with E-state index >= 15 is 0 Å². The fourth-order valence-corrected chi connectivity index (χ4v) is 1.05. The Morgan fingerprint density at radius 2 is 1.69 bits per heavy atom. The molecule has 2 nitrogen and oxygen atoms in total. The molecule has 0 saturated heterocycles. The van der Waals surface area contributed by atoms with Crippen LogP contribution in [0.2, 0.25) is 0 Å². The Labute approximate surface area is 90.3 Å². The minimum Gasteiger partial charge on any atom is -0.484 e. The molecule has 0 atom stereocenters. The Morgan fingerprint density at radius 3 is 2.12 bits per heavy atom. The number of hydrogen-bond donors (Lipinski definition) is 0. The molecule has 1 heterocycles. The van der Waals surface area contributed by atoms with Crippen molar-refractivity contribution < 1.29 is 22.3 Å². The van der Waals surface area contributed by atoms with E-state index in [0.717, 1.165) is 0 Å². The Morgan fingerprint density at radius 1 is 1.12 bits per heavy atom. The average molecular weight is 237 g/mol. The molecular weight excluding hydrogens is 226 g/mol. The molecule has 0 aliphatic rings. The maximum Gasteiger partial charge on any atom is 0.255 e. The van der Waals surface area contributed by atoms with Gasteiger partial charge in [0, 0.05) is 0 Å². The van der Waals surface area contributed by atoms with Crippen LogP contribution < -0.4 is 4.74 Å². The van der Waals surface area contributed by atoms with E-state index in [1.54, 1.807) is 20.8 Å². The molecule has 0 N–H and O–H groups in total. The van der Waals surface area contributed by atoms with Gasteiger partial charge in [-0.3, -0.25) is 0 Å². The third-order valence-electron chi connectivity index (χ3n) is 1.64. The topological polar surface area (TPSA) is 22.1 Å². The van der Waals surface area contributed by atoms with Gasteiger partial charge in [-0.15, -0.1) is 0 Å². The second-order valence-electron chi connectivity index (χ2n) is 4.16. The Bertz CT molecular complexity index is 401. The third kappa shape index (κ3) is 2.62. The number of rotatable bonds is 2. The number of aromatic nitrogens is 1. The largest absolute Gasteiger partial charge is 0.484 e. The van der Waals surface area contributed by atoms with Gasteiger partial charge in [0.25, 0.3) is 5.95 Å². The highest BCUT2D eigenvalue weighted by atomic mass is 19.2. The van der Waals surface area contributed by atoms with Crippen LogP contribution >= 0.6 is 0 Å². The zero-order valence-electron chi connectivity index (χ0n) is 9.07. The predicted octanol–water partition coefficient (Wildman–Crippen LogP) is 3.15. The van der Waals surface area contributed by atoms with Crippen molar-refractivity contribution in [2.75, 3.05) is 0 Å². The molecular formula is C10H11F4NO. The molecule has 0 aliphatic heterocycles. The molecule has 0 fully saturated rings. The van der Waals surface area contributed by atoms with Gasteiger partial charge in [-0.05, 0) is 20.8 Å². The van der Waals surface area contributed by atoms with Gasteiger partial charge >= 0.3 is 0 Å². The lowest BCUT2D eigenvalue weighted by molar-refractivity contribution is 0.118. The second kappa shape index (κ2) is 4.27. The van der Waals surface area contributed by atoms with Crippen LogP contribution in [-0.4, -0.2) is 10.6 Å². The van der Waals surface area contributed by atoms with E-state index in [-0.39, 0.29) is 0 Å². The first-order valence-electron chi connectivity index (χ1n) is 4.54. The Kier molecular flexibility index (Phi) is 3.40. The first-order valence-corrected chi connectivity index (χ1v) is 4.54. The summed E-state index contributed by atoms with van der Waals surface area (Å²) < 4.78 is 56.6. The van der Waals surface area contributed by atoms with Gasteiger partial charge in [0.1, 0.15) is 12.3 Å². The van der Waals surface area contributed by atoms with Crippen molar-refractivity contribution in [3.63, 3.8) is 0 Å². The van der Waals surface area contributed by atoms with E-state index in [1.807, 2.05) is 0 Å². The van der Waals surface area contributed by atoms with Gasteiger partial charge < -0.3 is 4.74 Å². The van der Waals surface area contributed by atoms with Gasteiger partial charge in [0.05, 0.1) is 5.56 Å². The SMILES string of the molecule is CC(C)(C)Oc1c(F)c(F)nc(F)c1CF. The summed E-state index contributed by atoms with van der Waals surface area (Å²) >= 11 is 0. The van der Waals surface area contributed by atoms with Gasteiger partial charge in [-0.2, -0.15) is 18.2 Å². The average Bonchev–Trinajstić information content (AvgIpc) is 2.12. The number of nitrogens with zero attached hydrogens (tertiary/aromatic N) is 1. The summed E-state index contributed by atoms with van der Waals surface area (Å²) in [7, 11) is 0. The molecule has 0 aliphatic carbocycles. The molecule has 1 aromatic heterocycles. The molecule has 16 heavy (non-hydrogen) atoms. The molecule has 6 heteroatoms. The van der Waals surface area contributed by atoms with Crippen LogP contribution in [-0.2, 0) is 6.67 Å². The van der Waals surface area contributed by atoms with Crippen LogP contribution in [0.5, 0.6) is 5.75 Å². The smallest absolute Gasteiger partial charge is 0.255 e. The van der Waals surface area contributed by atoms with Crippen LogP contribution in [0, 0.1) is 17.7 Å². The normalized spacial score (nSPS) is 11.7. The van der Waals surface area contributed by atoms with Crippen molar-refractivity contribution in [1.82, 2.24) is 4.98 Å². The molecule has 0 aromatic carbocycles. The summed E-state index contributed by atoms with van der Waals surface area (Å²) in [4.78, 5) is 2.61. The van der Waals surface area contributed by atoms with Crippen LogP contribution in [0.25, 0.3) is 0 Å². The molecule has 0 unspecified atom stereocenters. The monoisotopic (exact) mass is 237 g/mol. The lowest BCUT2D eigenvalue weighted by Gasteiger charge is -2.23. The van der Waals surface area contributed by atoms with E-state index in [1.165, 1.54) is 0 Å². The lowest BCUT2D eigenvalue weighted by atomic mass is 10.1. The predicted molar refractivity (Wildman–Crippen MR) is 49.3 cm³/mol. The van der Waals surface area contributed by atoms with Crippen molar-refractivity contribution in [2.24, 2.45) is 0 Å². The van der Waals surface area contributed by atoms with Crippen LogP contribution in [0.3, 0.4) is 0 Å². The maximum atomic E-state index is 13.3. The molecule has 90 valence electrons. The van der Waals surface area contributed by atoms with Crippen molar-refractivity contribution in [2.45, 2.75) is 33.0 Å². The van der Waals surface area contributed by atoms with Gasteiger partial charge in [0.15, 0.2) is 5.75 Å². The Balaban J connectivity index is 3.33. The van der Waals surface area contributed by atoms with E-state index < -0.39 is 41.3 Å². The molecule has 0 amide bonds. The van der Waals surface area contributed by atoms with Gasteiger partial charge in [0.2, 0.25) is 11.8 Å². The molecule has 0 radical (unpaired) electrons. The number of alkyl halides is 1. The molecule has 1 rings (SSSR count). The molecule has 0 saturated carbocycles. The van der Waals surface area contributed by atoms with Crippen molar-refractivity contribution in [3.8, 4) is 5.75 Å². The highest BCUT2D eigenvalue weighted by Crippen LogP contribution is 2.29. The van der Waals surface area contributed by atoms with Gasteiger partial charge in [-0.25, -0.2) is 4.39 Å². The van der Waals surface area contributed by atoms with Crippen LogP contribution in [0.1, 0.15) is 26.3 Å². The van der Waals surface area contributed by atoms with E-state index in [2.05, 4.69) is 4.98 Å². The van der Waals surface area contributed by atoms with Crippen LogP contribution in [0.4, 0.5) is 17.6 Å². The first kappa shape index (κ1) is 12.7. The first-order chi connectivity index (χ1) is 7.26. The number of pyridine rings is 1. The highest BCUT2D eigenvalue weighted by Gasteiger charge is 2.25. The molecule has 0 spiro atoms.